The molecule has 4 nitrogen and oxygen atoms in total. The molecule has 0 heterocycles. The van der Waals surface area contributed by atoms with E-state index in [0.29, 0.717) is 16.7 Å². The number of carboxylic acids is 1. The van der Waals surface area contributed by atoms with Crippen LogP contribution in [0.5, 0.6) is 0 Å². The molecular formula is C18H20O4. The zero-order chi connectivity index (χ0) is 16.5. The van der Waals surface area contributed by atoms with Gasteiger partial charge < -0.3 is 10.2 Å². The molecule has 1 aromatic rings. The Kier molecular flexibility index (Phi) is 4.07. The third-order valence-electron chi connectivity index (χ3n) is 4.21. The Balaban J connectivity index is 2.55. The van der Waals surface area contributed by atoms with Crippen LogP contribution in [0.25, 0.3) is 0 Å². The maximum absolute atomic E-state index is 12.2. The molecule has 0 amide bonds. The SMILES string of the molecule is CC(=C/C(=O)O)/C=C/[C@]1(O)c2ccccc2C(=O)CC1(C)C. The average Bonchev–Trinajstić information content (AvgIpc) is 2.42. The first-order valence-electron chi connectivity index (χ1n) is 7.13. The fourth-order valence-corrected chi connectivity index (χ4v) is 2.86. The second kappa shape index (κ2) is 5.54. The first-order chi connectivity index (χ1) is 10.2. The third kappa shape index (κ3) is 2.74. The van der Waals surface area contributed by atoms with Crippen LogP contribution < -0.4 is 0 Å². The van der Waals surface area contributed by atoms with E-state index < -0.39 is 17.0 Å². The number of allylic oxidation sites excluding steroid dienone is 2. The summed E-state index contributed by atoms with van der Waals surface area (Å²) in [7, 11) is 0. The summed E-state index contributed by atoms with van der Waals surface area (Å²) in [6.07, 6.45) is 4.48. The Morgan fingerprint density at radius 3 is 2.55 bits per heavy atom. The predicted octanol–water partition coefficient (Wildman–Crippen LogP) is 3.07. The first-order valence-corrected chi connectivity index (χ1v) is 7.13. The molecule has 0 bridgehead atoms. The van der Waals surface area contributed by atoms with E-state index in [4.69, 9.17) is 5.11 Å². The molecule has 2 N–H and O–H groups in total. The fourth-order valence-electron chi connectivity index (χ4n) is 2.86. The van der Waals surface area contributed by atoms with Gasteiger partial charge in [0, 0.05) is 23.5 Å². The van der Waals surface area contributed by atoms with Crippen molar-refractivity contribution in [2.75, 3.05) is 0 Å². The lowest BCUT2D eigenvalue weighted by molar-refractivity contribution is -0.131. The van der Waals surface area contributed by atoms with Crippen molar-refractivity contribution in [1.82, 2.24) is 0 Å². The standard InChI is InChI=1S/C18H20O4/c1-12(10-16(20)21)8-9-18(22)14-7-5-4-6-13(14)15(19)11-17(18,2)3/h4-10,22H,11H2,1-3H3,(H,20,21)/b9-8+,12-10-/t18-/m0/s1. The van der Waals surface area contributed by atoms with Gasteiger partial charge in [-0.1, -0.05) is 44.2 Å². The van der Waals surface area contributed by atoms with Crippen molar-refractivity contribution in [3.8, 4) is 0 Å². The molecule has 0 aliphatic heterocycles. The molecule has 0 saturated carbocycles. The fraction of sp³-hybridized carbons (Fsp3) is 0.333. The second-order valence-electron chi connectivity index (χ2n) is 6.36. The highest BCUT2D eigenvalue weighted by Gasteiger charge is 2.49. The van der Waals surface area contributed by atoms with Gasteiger partial charge in [-0.15, -0.1) is 0 Å². The molecule has 116 valence electrons. The number of Topliss-reactive ketones (excluding diaryl/α,β-unsaturated/α-hetero) is 1. The minimum atomic E-state index is -1.33. The summed E-state index contributed by atoms with van der Waals surface area (Å²) in [5.41, 5.74) is -0.403. The molecule has 22 heavy (non-hydrogen) atoms. The third-order valence-corrected chi connectivity index (χ3v) is 4.21. The van der Waals surface area contributed by atoms with E-state index in [1.54, 1.807) is 43.3 Å². The molecule has 1 atom stereocenters. The average molecular weight is 300 g/mol. The molecule has 1 aliphatic carbocycles. The number of hydrogen-bond acceptors (Lipinski definition) is 3. The summed E-state index contributed by atoms with van der Waals surface area (Å²) in [4.78, 5) is 22.9. The molecule has 0 unspecified atom stereocenters. The van der Waals surface area contributed by atoms with Gasteiger partial charge in [0.05, 0.1) is 0 Å². The van der Waals surface area contributed by atoms with Crippen LogP contribution in [-0.2, 0) is 10.4 Å². The van der Waals surface area contributed by atoms with Crippen LogP contribution in [0.1, 0.15) is 43.1 Å². The van der Waals surface area contributed by atoms with Gasteiger partial charge in [0.15, 0.2) is 5.78 Å². The van der Waals surface area contributed by atoms with Gasteiger partial charge >= 0.3 is 5.97 Å². The summed E-state index contributed by atoms with van der Waals surface area (Å²) >= 11 is 0. The molecule has 2 rings (SSSR count). The van der Waals surface area contributed by atoms with E-state index >= 15 is 0 Å². The van der Waals surface area contributed by atoms with Gasteiger partial charge in [-0.2, -0.15) is 0 Å². The number of carbonyl (C=O) groups is 2. The summed E-state index contributed by atoms with van der Waals surface area (Å²) in [6, 6.07) is 7.02. The molecule has 0 radical (unpaired) electrons. The van der Waals surface area contributed by atoms with Crippen molar-refractivity contribution >= 4 is 11.8 Å². The monoisotopic (exact) mass is 300 g/mol. The lowest BCUT2D eigenvalue weighted by atomic mass is 9.62. The summed E-state index contributed by atoms with van der Waals surface area (Å²) < 4.78 is 0. The molecule has 0 aromatic heterocycles. The van der Waals surface area contributed by atoms with Crippen molar-refractivity contribution in [3.63, 3.8) is 0 Å². The number of ketones is 1. The van der Waals surface area contributed by atoms with Crippen molar-refractivity contribution in [1.29, 1.82) is 0 Å². The quantitative estimate of drug-likeness (QED) is 0.664. The Morgan fingerprint density at radius 2 is 1.91 bits per heavy atom. The highest BCUT2D eigenvalue weighted by atomic mass is 16.4. The highest BCUT2D eigenvalue weighted by Crippen LogP contribution is 2.49. The number of benzene rings is 1. The molecule has 1 aliphatic rings. The summed E-state index contributed by atoms with van der Waals surface area (Å²) in [6.45, 7) is 5.32. The zero-order valence-corrected chi connectivity index (χ0v) is 13.0. The number of aliphatic carboxylic acids is 1. The molecule has 4 heteroatoms. The van der Waals surface area contributed by atoms with E-state index in [2.05, 4.69) is 0 Å². The van der Waals surface area contributed by atoms with Crippen molar-refractivity contribution in [2.24, 2.45) is 5.41 Å². The number of fused-ring (bicyclic) bond motifs is 1. The van der Waals surface area contributed by atoms with Crippen molar-refractivity contribution < 1.29 is 19.8 Å². The predicted molar refractivity (Wildman–Crippen MR) is 83.6 cm³/mol. The second-order valence-corrected chi connectivity index (χ2v) is 6.36. The number of carboxylic acid groups (broad SMARTS) is 1. The molecule has 1 aromatic carbocycles. The largest absolute Gasteiger partial charge is 0.478 e. The minimum Gasteiger partial charge on any atom is -0.478 e. The highest BCUT2D eigenvalue weighted by molar-refractivity contribution is 5.99. The maximum Gasteiger partial charge on any atom is 0.328 e. The molecule has 0 saturated heterocycles. The van der Waals surface area contributed by atoms with Gasteiger partial charge in [0.2, 0.25) is 0 Å². The van der Waals surface area contributed by atoms with E-state index in [1.165, 1.54) is 0 Å². The van der Waals surface area contributed by atoms with Gasteiger partial charge in [0.25, 0.3) is 0 Å². The van der Waals surface area contributed by atoms with Crippen LogP contribution in [-0.4, -0.2) is 22.0 Å². The number of aliphatic hydroxyl groups is 1. The van der Waals surface area contributed by atoms with Gasteiger partial charge in [-0.25, -0.2) is 4.79 Å². The van der Waals surface area contributed by atoms with Crippen LogP contribution >= 0.6 is 0 Å². The van der Waals surface area contributed by atoms with Crippen molar-refractivity contribution in [3.05, 3.63) is 59.2 Å². The number of carbonyl (C=O) groups excluding carboxylic acids is 1. The van der Waals surface area contributed by atoms with Gasteiger partial charge in [-0.3, -0.25) is 4.79 Å². The molecular weight excluding hydrogens is 280 g/mol. The lowest BCUT2D eigenvalue weighted by Gasteiger charge is -2.45. The van der Waals surface area contributed by atoms with E-state index in [-0.39, 0.29) is 12.2 Å². The van der Waals surface area contributed by atoms with Crippen LogP contribution in [0.4, 0.5) is 0 Å². The Bertz CT molecular complexity index is 682. The van der Waals surface area contributed by atoms with E-state index in [0.717, 1.165) is 6.08 Å². The molecule has 0 fully saturated rings. The van der Waals surface area contributed by atoms with Crippen LogP contribution in [0, 0.1) is 5.41 Å². The van der Waals surface area contributed by atoms with E-state index in [1.807, 2.05) is 13.8 Å². The van der Waals surface area contributed by atoms with Gasteiger partial charge in [-0.05, 0) is 24.1 Å². The Labute approximate surface area is 129 Å². The Hall–Kier alpha value is -2.20. The lowest BCUT2D eigenvalue weighted by Crippen LogP contribution is -2.46. The maximum atomic E-state index is 12.2. The summed E-state index contributed by atoms with van der Waals surface area (Å²) in [5.74, 6) is -1.02. The van der Waals surface area contributed by atoms with Gasteiger partial charge in [0.1, 0.15) is 5.60 Å². The number of rotatable bonds is 3. The number of hydrogen-bond donors (Lipinski definition) is 2. The normalized spacial score (nSPS) is 24.4. The van der Waals surface area contributed by atoms with Crippen LogP contribution in [0.2, 0.25) is 0 Å². The van der Waals surface area contributed by atoms with Crippen LogP contribution in [0.15, 0.2) is 48.1 Å². The molecule has 0 spiro atoms. The van der Waals surface area contributed by atoms with E-state index in [9.17, 15) is 14.7 Å². The van der Waals surface area contributed by atoms with Crippen molar-refractivity contribution in [2.45, 2.75) is 32.8 Å². The minimum absolute atomic E-state index is 0.0106. The smallest absolute Gasteiger partial charge is 0.328 e. The first kappa shape index (κ1) is 16.2. The summed E-state index contributed by atoms with van der Waals surface area (Å²) in [5, 5.41) is 20.0. The Morgan fingerprint density at radius 1 is 1.27 bits per heavy atom. The van der Waals surface area contributed by atoms with Crippen LogP contribution in [0.3, 0.4) is 0 Å². The topological polar surface area (TPSA) is 74.6 Å². The zero-order valence-electron chi connectivity index (χ0n) is 13.0.